The number of hydrogen-bond donors (Lipinski definition) is 2. The van der Waals surface area contributed by atoms with Crippen molar-refractivity contribution in [3.63, 3.8) is 0 Å². The number of rotatable bonds is 8. The van der Waals surface area contributed by atoms with Crippen molar-refractivity contribution < 1.29 is 27.5 Å². The Hall–Kier alpha value is -3.04. The van der Waals surface area contributed by atoms with Gasteiger partial charge in [-0.1, -0.05) is 6.92 Å². The molecule has 1 aromatic heterocycles. The van der Waals surface area contributed by atoms with Crippen LogP contribution in [0, 0.1) is 0 Å². The molecule has 2 rings (SSSR count). The highest BCUT2D eigenvalue weighted by Gasteiger charge is 2.30. The van der Waals surface area contributed by atoms with Crippen LogP contribution < -0.4 is 10.6 Å². The number of esters is 1. The van der Waals surface area contributed by atoms with Gasteiger partial charge < -0.3 is 19.9 Å². The fourth-order valence-electron chi connectivity index (χ4n) is 2.68. The highest BCUT2D eigenvalue weighted by Crippen LogP contribution is 2.29. The molecule has 0 spiro atoms. The molecule has 1 atom stereocenters. The largest absolute Gasteiger partial charge is 0.466 e. The van der Waals surface area contributed by atoms with E-state index in [0.29, 0.717) is 25.4 Å². The van der Waals surface area contributed by atoms with Crippen LogP contribution in [0.25, 0.3) is 0 Å². The highest BCUT2D eigenvalue weighted by atomic mass is 19.4. The number of urea groups is 1. The number of aryl methyl sites for hydroxylation is 1. The van der Waals surface area contributed by atoms with E-state index < -0.39 is 23.8 Å². The van der Waals surface area contributed by atoms with Crippen LogP contribution in [-0.4, -0.2) is 28.2 Å². The summed E-state index contributed by atoms with van der Waals surface area (Å²) in [5.74, 6) is 0.243. The molecule has 0 aliphatic rings. The summed E-state index contributed by atoms with van der Waals surface area (Å²) in [6.45, 7) is 4.24. The van der Waals surface area contributed by atoms with Crippen LogP contribution in [0.1, 0.15) is 44.1 Å². The molecule has 0 fully saturated rings. The fraction of sp³-hybridized carbons (Fsp3) is 0.421. The molecule has 0 saturated carbocycles. The molecular weight excluding hydrogens is 389 g/mol. The number of hydrogen-bond acceptors (Lipinski definition) is 4. The van der Waals surface area contributed by atoms with E-state index >= 15 is 0 Å². The second-order valence-electron chi connectivity index (χ2n) is 6.17. The Labute approximate surface area is 166 Å². The van der Waals surface area contributed by atoms with Gasteiger partial charge in [-0.25, -0.2) is 9.78 Å². The Morgan fingerprint density at radius 1 is 1.21 bits per heavy atom. The molecule has 1 heterocycles. The molecular formula is C19H23F3N4O3. The van der Waals surface area contributed by atoms with E-state index in [9.17, 15) is 22.8 Å². The minimum Gasteiger partial charge on any atom is -0.466 e. The summed E-state index contributed by atoms with van der Waals surface area (Å²) in [5, 5.41) is 5.25. The molecule has 1 unspecified atom stereocenters. The molecule has 0 saturated heterocycles. The van der Waals surface area contributed by atoms with Crippen LogP contribution in [0.5, 0.6) is 0 Å². The molecule has 10 heteroatoms. The predicted octanol–water partition coefficient (Wildman–Crippen LogP) is 4.13. The van der Waals surface area contributed by atoms with Gasteiger partial charge >= 0.3 is 18.2 Å². The summed E-state index contributed by atoms with van der Waals surface area (Å²) >= 11 is 0. The van der Waals surface area contributed by atoms with Gasteiger partial charge in [0.15, 0.2) is 0 Å². The maximum absolute atomic E-state index is 12.6. The van der Waals surface area contributed by atoms with Gasteiger partial charge in [-0.2, -0.15) is 13.2 Å². The molecule has 7 nitrogen and oxygen atoms in total. The van der Waals surface area contributed by atoms with Crippen LogP contribution in [0.2, 0.25) is 0 Å². The Bertz CT molecular complexity index is 819. The molecule has 2 amide bonds. The number of amides is 2. The van der Waals surface area contributed by atoms with Crippen molar-refractivity contribution in [2.24, 2.45) is 0 Å². The molecule has 158 valence electrons. The topological polar surface area (TPSA) is 85.2 Å². The van der Waals surface area contributed by atoms with Crippen molar-refractivity contribution in [2.75, 3.05) is 11.9 Å². The van der Waals surface area contributed by atoms with Gasteiger partial charge in [0.05, 0.1) is 24.6 Å². The van der Waals surface area contributed by atoms with Crippen molar-refractivity contribution in [2.45, 2.75) is 45.5 Å². The maximum Gasteiger partial charge on any atom is 0.416 e. The third-order valence-electron chi connectivity index (χ3n) is 4.11. The molecule has 0 aliphatic carbocycles. The quantitative estimate of drug-likeness (QED) is 0.639. The molecule has 29 heavy (non-hydrogen) atoms. The van der Waals surface area contributed by atoms with Crippen molar-refractivity contribution in [3.8, 4) is 0 Å². The summed E-state index contributed by atoms with van der Waals surface area (Å²) < 4.78 is 44.5. The van der Waals surface area contributed by atoms with E-state index in [0.717, 1.165) is 12.1 Å². The zero-order valence-electron chi connectivity index (χ0n) is 16.1. The number of aromatic nitrogens is 2. The van der Waals surface area contributed by atoms with Gasteiger partial charge in [0.1, 0.15) is 5.82 Å². The minimum atomic E-state index is -4.44. The van der Waals surface area contributed by atoms with Crippen LogP contribution in [0.3, 0.4) is 0 Å². The van der Waals surface area contributed by atoms with Gasteiger partial charge in [-0.05, 0) is 37.6 Å². The number of halogens is 3. The number of carbonyl (C=O) groups excluding carboxylic acids is 2. The lowest BCUT2D eigenvalue weighted by molar-refractivity contribution is -0.143. The number of anilines is 1. The minimum absolute atomic E-state index is 0.172. The summed E-state index contributed by atoms with van der Waals surface area (Å²) in [5.41, 5.74) is -0.561. The first-order chi connectivity index (χ1) is 13.7. The maximum atomic E-state index is 12.6. The van der Waals surface area contributed by atoms with Gasteiger partial charge in [0.2, 0.25) is 0 Å². The third kappa shape index (κ3) is 6.51. The second kappa shape index (κ2) is 9.94. The number of nitrogens with one attached hydrogen (secondary N) is 2. The standard InChI is InChI=1S/C19H23F3N4O3/c1-3-15(17-23-10-12-26(17)11-9-16(27)29-4-2)25-18(28)24-14-7-5-13(6-8-14)19(20,21)22/h5-8,10,12,15H,3-4,9,11H2,1-2H3,(H2,24,25,28). The van der Waals surface area contributed by atoms with Crippen LogP contribution in [0.15, 0.2) is 36.7 Å². The summed E-state index contributed by atoms with van der Waals surface area (Å²) in [4.78, 5) is 28.1. The summed E-state index contributed by atoms with van der Waals surface area (Å²) in [6.07, 6.45) is -0.470. The number of imidazole rings is 1. The average Bonchev–Trinajstić information content (AvgIpc) is 3.13. The number of benzene rings is 1. The fourth-order valence-corrected chi connectivity index (χ4v) is 2.68. The average molecular weight is 412 g/mol. The Kier molecular flexibility index (Phi) is 7.63. The molecule has 0 radical (unpaired) electrons. The second-order valence-corrected chi connectivity index (χ2v) is 6.17. The van der Waals surface area contributed by atoms with Crippen molar-refractivity contribution in [1.29, 1.82) is 0 Å². The number of nitrogens with zero attached hydrogens (tertiary/aromatic N) is 2. The van der Waals surface area contributed by atoms with Crippen LogP contribution in [0.4, 0.5) is 23.7 Å². The van der Waals surface area contributed by atoms with Crippen LogP contribution in [-0.2, 0) is 22.3 Å². The Morgan fingerprint density at radius 2 is 1.90 bits per heavy atom. The lowest BCUT2D eigenvalue weighted by Crippen LogP contribution is -2.34. The highest BCUT2D eigenvalue weighted by molar-refractivity contribution is 5.89. The summed E-state index contributed by atoms with van der Waals surface area (Å²) in [7, 11) is 0. The van der Waals surface area contributed by atoms with Gasteiger partial charge in [0, 0.05) is 24.6 Å². The summed E-state index contributed by atoms with van der Waals surface area (Å²) in [6, 6.07) is 3.15. The number of ether oxygens (including phenoxy) is 1. The van der Waals surface area contributed by atoms with E-state index in [4.69, 9.17) is 4.74 Å². The zero-order valence-corrected chi connectivity index (χ0v) is 16.1. The molecule has 2 N–H and O–H groups in total. The number of alkyl halides is 3. The first kappa shape index (κ1) is 22.3. The van der Waals surface area contributed by atoms with E-state index in [2.05, 4.69) is 15.6 Å². The molecule has 2 aromatic rings. The van der Waals surface area contributed by atoms with Crippen molar-refractivity contribution >= 4 is 17.7 Å². The van der Waals surface area contributed by atoms with Crippen molar-refractivity contribution in [3.05, 3.63) is 48.0 Å². The van der Waals surface area contributed by atoms with Gasteiger partial charge in [-0.3, -0.25) is 4.79 Å². The SMILES string of the molecule is CCOC(=O)CCn1ccnc1C(CC)NC(=O)Nc1ccc(C(F)(F)F)cc1. The van der Waals surface area contributed by atoms with E-state index in [1.54, 1.807) is 23.9 Å². The van der Waals surface area contributed by atoms with Crippen LogP contribution >= 0.6 is 0 Å². The van der Waals surface area contributed by atoms with Gasteiger partial charge in [0.25, 0.3) is 0 Å². The van der Waals surface area contributed by atoms with E-state index in [1.807, 2.05) is 6.92 Å². The number of carbonyl (C=O) groups is 2. The van der Waals surface area contributed by atoms with Crippen molar-refractivity contribution in [1.82, 2.24) is 14.9 Å². The molecule has 0 aliphatic heterocycles. The first-order valence-corrected chi connectivity index (χ1v) is 9.16. The lowest BCUT2D eigenvalue weighted by atomic mass is 10.2. The Morgan fingerprint density at radius 3 is 2.48 bits per heavy atom. The molecule has 0 bridgehead atoms. The smallest absolute Gasteiger partial charge is 0.416 e. The third-order valence-corrected chi connectivity index (χ3v) is 4.11. The van der Waals surface area contributed by atoms with E-state index in [-0.39, 0.29) is 18.1 Å². The molecule has 1 aromatic carbocycles. The van der Waals surface area contributed by atoms with E-state index in [1.165, 1.54) is 12.1 Å². The lowest BCUT2D eigenvalue weighted by Gasteiger charge is -2.19. The zero-order chi connectivity index (χ0) is 21.4. The van der Waals surface area contributed by atoms with Gasteiger partial charge in [-0.15, -0.1) is 0 Å². The first-order valence-electron chi connectivity index (χ1n) is 9.16. The predicted molar refractivity (Wildman–Crippen MR) is 100 cm³/mol. The monoisotopic (exact) mass is 412 g/mol. The normalized spacial score (nSPS) is 12.3. The Balaban J connectivity index is 1.98.